The Morgan fingerprint density at radius 3 is 1.08 bits per heavy atom. The number of hydrogen-bond donors (Lipinski definition) is 0. The maximum absolute atomic E-state index is 10.7. The van der Waals surface area contributed by atoms with Crippen LogP contribution in [0, 0.1) is 31.6 Å². The third kappa shape index (κ3) is 28.6. The minimum atomic E-state index is -10.7. The summed E-state index contributed by atoms with van der Waals surface area (Å²) < 4.78 is 118. The Kier molecular flexibility index (Phi) is 22.9. The fourth-order valence-electron chi connectivity index (χ4n) is 5.75. The number of halogens is 12. The van der Waals surface area contributed by atoms with Crippen LogP contribution >= 0.6 is 15.6 Å². The van der Waals surface area contributed by atoms with Gasteiger partial charge in [-0.2, -0.15) is 42.8 Å². The summed E-state index contributed by atoms with van der Waals surface area (Å²) in [5, 5.41) is 4.76. The van der Waals surface area contributed by atoms with Crippen molar-refractivity contribution < 1.29 is 104 Å². The molecule has 2 aromatic carbocycles. The first-order chi connectivity index (χ1) is 32.7. The summed E-state index contributed by atoms with van der Waals surface area (Å²) in [5.41, 5.74) is 10.2. The van der Waals surface area contributed by atoms with Gasteiger partial charge in [-0.1, -0.05) is 79.1 Å². The molecule has 0 amide bonds. The molecule has 6 nitrogen and oxygen atoms in total. The van der Waals surface area contributed by atoms with Gasteiger partial charge in [-0.25, -0.2) is 29.2 Å². The van der Waals surface area contributed by atoms with Crippen LogP contribution in [0.5, 0.6) is 0 Å². The predicted octanol–water partition coefficient (Wildman–Crippen LogP) is 18.2. The molecule has 10 rings (SSSR count). The van der Waals surface area contributed by atoms with Gasteiger partial charge in [-0.15, -0.1) is 17.3 Å². The van der Waals surface area contributed by atoms with Gasteiger partial charge in [0.25, 0.3) is 0 Å². The normalized spacial score (nSPS) is 15.3. The second-order valence-electron chi connectivity index (χ2n) is 14.3. The van der Waals surface area contributed by atoms with Crippen molar-refractivity contribution in [1.29, 1.82) is 0 Å². The quantitative estimate of drug-likeness (QED) is 0.0743. The van der Waals surface area contributed by atoms with E-state index in [0.717, 1.165) is 56.7 Å². The average Bonchev–Trinajstić information content (AvgIpc) is 4.18. The molecule has 3 aliphatic rings. The Bertz CT molecular complexity index is 2630. The van der Waals surface area contributed by atoms with Crippen LogP contribution in [0.4, 0.5) is 50.4 Å². The Balaban J connectivity index is 0.000000338. The standard InChI is InChI=1S/2C20H14N3.2C5H5.2F6P.2Fe.Ru/c2*1-2-8-15(7-1)16-13-19(17-9-3-5-11-21-17)23-20(14-16)18-10-4-6-12-22-18;2*1-2-4-5-3-1;2*1-7(2,3,4,5)6;;;/h2*1-14H;2*1-5H;;;;;/q6*-1;3*+2. The zero-order valence-electron chi connectivity index (χ0n) is 37.1. The minimum absolute atomic E-state index is 0. The van der Waals surface area contributed by atoms with E-state index < -0.39 is 15.6 Å². The van der Waals surface area contributed by atoms with Crippen LogP contribution in [0.15, 0.2) is 218 Å². The molecule has 1 aliphatic heterocycles. The van der Waals surface area contributed by atoms with Crippen molar-refractivity contribution >= 4 is 27.0 Å². The topological polar surface area (TPSA) is 78.5 Å². The van der Waals surface area contributed by atoms with E-state index in [2.05, 4.69) is 69.2 Å². The zero-order valence-corrected chi connectivity index (χ0v) is 42.8. The summed E-state index contributed by atoms with van der Waals surface area (Å²) >= 11 is 0. The van der Waals surface area contributed by atoms with Gasteiger partial charge in [-0.3, -0.25) is 19.9 Å². The molecule has 5 aromatic heterocycles. The second kappa shape index (κ2) is 26.2. The monoisotopic (exact) mass is 1230 g/mol. The van der Waals surface area contributed by atoms with Crippen LogP contribution in [0.2, 0.25) is 0 Å². The van der Waals surface area contributed by atoms with Crippen LogP contribution in [0.3, 0.4) is 0 Å². The van der Waals surface area contributed by atoms with E-state index in [-0.39, 0.29) is 53.6 Å². The largest absolute Gasteiger partial charge is 2.00 e. The van der Waals surface area contributed by atoms with Gasteiger partial charge in [0.1, 0.15) is 0 Å². The van der Waals surface area contributed by atoms with Crippen LogP contribution in [0.1, 0.15) is 17.0 Å². The second-order valence-corrected chi connectivity index (χ2v) is 18.1. The molecule has 2 aliphatic carbocycles. The van der Waals surface area contributed by atoms with E-state index >= 15 is 0 Å². The summed E-state index contributed by atoms with van der Waals surface area (Å²) in [6.45, 7) is 0. The molecule has 7 aromatic rings. The SMILES string of the molecule is C1=CC(=C2C=C(c3ccccn3)[N-]C(c3ccccn3)=C2)C=C1.F[P-](F)(F)(F)(F)F.F[P-](F)(F)(F)(F)F.[CH]1[CH][CH-][C](c2cc(-c3ccccn3)nc(-c3ccccn3)c2)[CH]1.[Fe+2].[Fe+2].[Ru+2].c1cc[cH-]c1.c1cc[cH-]c1. The van der Waals surface area contributed by atoms with E-state index in [4.69, 9.17) is 10.3 Å². The molecule has 23 heteroatoms. The van der Waals surface area contributed by atoms with Gasteiger partial charge in [0, 0.05) is 36.2 Å². The fraction of sp³-hybridized carbons (Fsp3) is 0. The van der Waals surface area contributed by atoms with Crippen molar-refractivity contribution in [2.75, 3.05) is 0 Å². The number of aromatic nitrogens is 5. The van der Waals surface area contributed by atoms with E-state index in [9.17, 15) is 50.4 Å². The molecule has 1 fully saturated rings. The molecule has 73 heavy (non-hydrogen) atoms. The van der Waals surface area contributed by atoms with Gasteiger partial charge < -0.3 is 11.7 Å². The molecule has 386 valence electrons. The first-order valence-corrected chi connectivity index (χ1v) is 24.4. The average molecular weight is 1230 g/mol. The van der Waals surface area contributed by atoms with Crippen molar-refractivity contribution in [3.8, 4) is 22.8 Å². The molecule has 0 N–H and O–H groups in total. The number of rotatable bonds is 5. The summed E-state index contributed by atoms with van der Waals surface area (Å²) in [6.07, 6.45) is 27.8. The Morgan fingerprint density at radius 1 is 0.438 bits per heavy atom. The number of allylic oxidation sites excluding steroid dienone is 8. The van der Waals surface area contributed by atoms with Crippen LogP contribution in [-0.4, -0.2) is 24.9 Å². The van der Waals surface area contributed by atoms with Gasteiger partial charge in [0.15, 0.2) is 0 Å². The van der Waals surface area contributed by atoms with Gasteiger partial charge in [0.2, 0.25) is 0 Å². The molecular formula is C50H38F12Fe2N6P2Ru. The third-order valence-corrected chi connectivity index (χ3v) is 8.46. The van der Waals surface area contributed by atoms with Crippen LogP contribution in [0.25, 0.3) is 39.5 Å². The van der Waals surface area contributed by atoms with Crippen LogP contribution in [-0.2, 0) is 53.6 Å². The maximum atomic E-state index is 9.87. The number of hydrogen-bond acceptors (Lipinski definition) is 5. The van der Waals surface area contributed by atoms with Crippen LogP contribution < -0.4 is 0 Å². The zero-order chi connectivity index (χ0) is 50.9. The predicted molar refractivity (Wildman–Crippen MR) is 255 cm³/mol. The molecule has 6 heterocycles. The molecule has 0 spiro atoms. The van der Waals surface area contributed by atoms with Crippen molar-refractivity contribution in [3.05, 3.63) is 272 Å². The fourth-order valence-corrected chi connectivity index (χ4v) is 5.75. The van der Waals surface area contributed by atoms with E-state index in [0.29, 0.717) is 0 Å². The van der Waals surface area contributed by atoms with Gasteiger partial charge >= 0.3 is 120 Å². The summed E-state index contributed by atoms with van der Waals surface area (Å²) in [4.78, 5) is 22.5. The third-order valence-electron chi connectivity index (χ3n) is 8.46. The molecule has 1 saturated carbocycles. The summed E-state index contributed by atoms with van der Waals surface area (Å²) in [7, 11) is -21.3. The van der Waals surface area contributed by atoms with Crippen molar-refractivity contribution in [2.24, 2.45) is 0 Å². The van der Waals surface area contributed by atoms with E-state index in [1.54, 1.807) is 24.8 Å². The van der Waals surface area contributed by atoms with E-state index in [1.807, 2.05) is 158 Å². The molecule has 0 bridgehead atoms. The maximum Gasteiger partial charge on any atom is 2.00 e. The van der Waals surface area contributed by atoms with Crippen molar-refractivity contribution in [2.45, 2.75) is 0 Å². The number of nitrogens with zero attached hydrogens (tertiary/aromatic N) is 6. The van der Waals surface area contributed by atoms with Gasteiger partial charge in [0.05, 0.1) is 22.8 Å². The minimum Gasteiger partial charge on any atom is -0.318 e. The molecule has 4 radical (unpaired) electrons. The first-order valence-electron chi connectivity index (χ1n) is 20.3. The van der Waals surface area contributed by atoms with Gasteiger partial charge in [-0.05, 0) is 71.8 Å². The molecule has 0 saturated heterocycles. The summed E-state index contributed by atoms with van der Waals surface area (Å²) in [6, 6.07) is 47.5. The van der Waals surface area contributed by atoms with Crippen molar-refractivity contribution in [3.63, 3.8) is 0 Å². The molecule has 0 unspecified atom stereocenters. The number of pyridine rings is 5. The van der Waals surface area contributed by atoms with Crippen molar-refractivity contribution in [1.82, 2.24) is 24.9 Å². The van der Waals surface area contributed by atoms with E-state index in [1.165, 1.54) is 11.5 Å². The smallest absolute Gasteiger partial charge is 0.318 e. The Labute approximate surface area is 447 Å². The molecular weight excluding hydrogens is 1190 g/mol. The summed E-state index contributed by atoms with van der Waals surface area (Å²) in [5.74, 6) is 1.17. The first kappa shape index (κ1) is 63.7. The Hall–Kier alpha value is -5.37. The Morgan fingerprint density at radius 2 is 0.795 bits per heavy atom. The molecule has 0 atom stereocenters.